The van der Waals surface area contributed by atoms with Crippen LogP contribution in [-0.4, -0.2) is 16.3 Å². The van der Waals surface area contributed by atoms with Gasteiger partial charge in [-0.25, -0.2) is 0 Å². The number of aryl methyl sites for hydroxylation is 2. The topological polar surface area (TPSA) is 0 Å². The van der Waals surface area contributed by atoms with Crippen molar-refractivity contribution >= 4 is 28.4 Å². The molecule has 0 N–H and O–H groups in total. The summed E-state index contributed by atoms with van der Waals surface area (Å²) in [6, 6.07) is 30.5. The monoisotopic (exact) mass is 640 g/mol. The molecule has 0 nitrogen and oxygen atoms in total. The van der Waals surface area contributed by atoms with Crippen LogP contribution in [0.4, 0.5) is 0 Å². The summed E-state index contributed by atoms with van der Waals surface area (Å²) in [4.78, 5) is 0. The second kappa shape index (κ2) is 17.7. The van der Waals surface area contributed by atoms with Crippen molar-refractivity contribution in [3.63, 3.8) is 0 Å². The van der Waals surface area contributed by atoms with Crippen molar-refractivity contribution in [2.75, 3.05) is 0 Å². The van der Waals surface area contributed by atoms with E-state index in [2.05, 4.69) is 164 Å². The quantitative estimate of drug-likeness (QED) is 0.233. The molecule has 2 radical (unpaired) electrons. The van der Waals surface area contributed by atoms with Crippen molar-refractivity contribution in [3.8, 4) is 0 Å². The summed E-state index contributed by atoms with van der Waals surface area (Å²) >= 11 is 2.42. The molecule has 0 aromatic heterocycles. The summed E-state index contributed by atoms with van der Waals surface area (Å²) in [5.41, 5.74) is 10.9. The van der Waals surface area contributed by atoms with Crippen LogP contribution in [0, 0.1) is 13.8 Å². The van der Waals surface area contributed by atoms with Crippen LogP contribution in [0.3, 0.4) is 0 Å². The minimum atomic E-state index is 0. The van der Waals surface area contributed by atoms with Gasteiger partial charge in [0.1, 0.15) is 16.3 Å². The molecular weight excluding hydrogens is 609 g/mol. The number of benzene rings is 2. The van der Waals surface area contributed by atoms with Crippen molar-refractivity contribution in [3.05, 3.63) is 166 Å². The third-order valence-electron chi connectivity index (χ3n) is 6.57. The summed E-state index contributed by atoms with van der Waals surface area (Å²) in [5, 5.41) is 0. The Labute approximate surface area is 274 Å². The molecule has 0 spiro atoms. The Balaban J connectivity index is 0.000000342. The average molecular weight is 643 g/mol. The number of hydrogen-bond acceptors (Lipinski definition) is 0. The van der Waals surface area contributed by atoms with Crippen molar-refractivity contribution in [2.45, 2.75) is 31.5 Å². The van der Waals surface area contributed by atoms with Gasteiger partial charge in [-0.15, -0.1) is 53.3 Å². The molecule has 4 aromatic rings. The van der Waals surface area contributed by atoms with Gasteiger partial charge in [0.2, 0.25) is 0 Å². The molecular formula is C35H33AlCl2Zr. The van der Waals surface area contributed by atoms with E-state index in [1.165, 1.54) is 44.5 Å². The summed E-state index contributed by atoms with van der Waals surface area (Å²) in [6.07, 6.45) is 17.5. The molecule has 0 saturated carbocycles. The predicted molar refractivity (Wildman–Crippen MR) is 158 cm³/mol. The van der Waals surface area contributed by atoms with Crippen molar-refractivity contribution < 1.29 is 51.0 Å². The van der Waals surface area contributed by atoms with Crippen LogP contribution in [0.1, 0.15) is 56.3 Å². The first-order valence-electron chi connectivity index (χ1n) is 12.6. The Morgan fingerprint density at radius 2 is 0.923 bits per heavy atom. The zero-order valence-corrected chi connectivity index (χ0v) is 27.8. The van der Waals surface area contributed by atoms with Gasteiger partial charge in [-0.3, -0.25) is 0 Å². The molecule has 2 unspecified atom stereocenters. The first-order valence-corrected chi connectivity index (χ1v) is 13.8. The Morgan fingerprint density at radius 3 is 1.28 bits per heavy atom. The minimum Gasteiger partial charge on any atom is -1.00 e. The molecule has 0 saturated heterocycles. The summed E-state index contributed by atoms with van der Waals surface area (Å²) in [7, 11) is 0. The number of halogens is 2. The van der Waals surface area contributed by atoms with Gasteiger partial charge < -0.3 is 24.8 Å². The van der Waals surface area contributed by atoms with Crippen LogP contribution in [-0.2, 0) is 26.2 Å². The number of fused-ring (bicyclic) bond motifs is 2. The SMILES string of the molecule is Cc1cc2c([cH-]1)C=CC=CC2c1ccccc1.Cc1cc2c([cH-]1)C=CC=CC2c1ccccc1.[CH3][Al].[Cl-].[Cl-].[Zr+4]. The van der Waals surface area contributed by atoms with Gasteiger partial charge in [0.05, 0.1) is 0 Å². The summed E-state index contributed by atoms with van der Waals surface area (Å²) < 4.78 is 0. The third-order valence-corrected chi connectivity index (χ3v) is 6.57. The number of rotatable bonds is 2. The fourth-order valence-corrected chi connectivity index (χ4v) is 5.00. The van der Waals surface area contributed by atoms with E-state index in [1.807, 2.05) is 5.79 Å². The second-order valence-corrected chi connectivity index (χ2v) is 9.15. The zero-order valence-electron chi connectivity index (χ0n) is 22.7. The standard InChI is InChI=1S/2C17H15.CH3.Al.2ClH.Zr/c2*1-13-11-15-9-5-6-10-16(17(15)12-13)14-7-3-2-4-8-14;;;;;/h2*2-12,16H,1H3;1H3;;2*1H;/q2*-1;;;;;+4/p-2. The normalized spacial score (nSPS) is 15.7. The molecule has 4 heteroatoms. The smallest absolute Gasteiger partial charge is 1.00 e. The van der Waals surface area contributed by atoms with E-state index in [9.17, 15) is 0 Å². The van der Waals surface area contributed by atoms with Crippen molar-refractivity contribution in [1.29, 1.82) is 0 Å². The molecule has 0 fully saturated rings. The van der Waals surface area contributed by atoms with Crippen LogP contribution >= 0.6 is 0 Å². The molecule has 0 amide bonds. The number of hydrogen-bond donors (Lipinski definition) is 0. The van der Waals surface area contributed by atoms with E-state index in [-0.39, 0.29) is 51.0 Å². The molecule has 2 aliphatic carbocycles. The first-order chi connectivity index (χ1) is 17.7. The van der Waals surface area contributed by atoms with Crippen LogP contribution in [0.25, 0.3) is 12.2 Å². The molecule has 2 aliphatic rings. The average Bonchev–Trinajstić information content (AvgIpc) is 3.33. The van der Waals surface area contributed by atoms with Gasteiger partial charge in [-0.05, 0) is 23.0 Å². The molecule has 6 rings (SSSR count). The maximum absolute atomic E-state index is 2.42. The zero-order chi connectivity index (χ0) is 25.3. The fraction of sp³-hybridized carbons (Fsp3) is 0.143. The second-order valence-electron chi connectivity index (χ2n) is 9.15. The van der Waals surface area contributed by atoms with E-state index < -0.39 is 0 Å². The first kappa shape index (κ1) is 35.1. The molecule has 4 aromatic carbocycles. The predicted octanol–water partition coefficient (Wildman–Crippen LogP) is 3.07. The van der Waals surface area contributed by atoms with E-state index in [1.54, 1.807) is 0 Å². The molecule has 0 heterocycles. The van der Waals surface area contributed by atoms with Crippen molar-refractivity contribution in [1.82, 2.24) is 0 Å². The van der Waals surface area contributed by atoms with Crippen LogP contribution in [0.15, 0.2) is 121 Å². The molecule has 39 heavy (non-hydrogen) atoms. The van der Waals surface area contributed by atoms with E-state index in [0.29, 0.717) is 11.8 Å². The van der Waals surface area contributed by atoms with E-state index in [4.69, 9.17) is 0 Å². The van der Waals surface area contributed by atoms with Crippen LogP contribution < -0.4 is 24.8 Å². The van der Waals surface area contributed by atoms with Gasteiger partial charge in [-0.2, -0.15) is 34.4 Å². The summed E-state index contributed by atoms with van der Waals surface area (Å²) in [6.45, 7) is 4.32. The maximum atomic E-state index is 2.42. The molecule has 0 bridgehead atoms. The van der Waals surface area contributed by atoms with Crippen LogP contribution in [0.5, 0.6) is 0 Å². The van der Waals surface area contributed by atoms with E-state index in [0.717, 1.165) is 0 Å². The van der Waals surface area contributed by atoms with Crippen molar-refractivity contribution in [2.24, 2.45) is 0 Å². The Morgan fingerprint density at radius 1 is 0.564 bits per heavy atom. The van der Waals surface area contributed by atoms with Gasteiger partial charge >= 0.3 is 26.2 Å². The van der Waals surface area contributed by atoms with Gasteiger partial charge in [0.15, 0.2) is 0 Å². The van der Waals surface area contributed by atoms with Gasteiger partial charge in [0.25, 0.3) is 0 Å². The minimum absolute atomic E-state index is 0. The van der Waals surface area contributed by atoms with Gasteiger partial charge in [-0.1, -0.05) is 98.8 Å². The fourth-order valence-electron chi connectivity index (χ4n) is 5.00. The maximum Gasteiger partial charge on any atom is 4.00 e. The Bertz CT molecular complexity index is 1270. The molecule has 0 aliphatic heterocycles. The largest absolute Gasteiger partial charge is 4.00 e. The third kappa shape index (κ3) is 9.05. The Kier molecular flexibility index (Phi) is 16.0. The van der Waals surface area contributed by atoms with Gasteiger partial charge in [0, 0.05) is 0 Å². The molecule has 2 atom stereocenters. The number of allylic oxidation sites excluding steroid dienone is 6. The Hall–Kier alpha value is -1.90. The van der Waals surface area contributed by atoms with Crippen LogP contribution in [0.2, 0.25) is 5.79 Å². The van der Waals surface area contributed by atoms with E-state index >= 15 is 0 Å². The molecule has 194 valence electrons. The summed E-state index contributed by atoms with van der Waals surface area (Å²) in [5.74, 6) is 2.68.